The van der Waals surface area contributed by atoms with Crippen LogP contribution in [0.5, 0.6) is 0 Å². The summed E-state index contributed by atoms with van der Waals surface area (Å²) in [5.74, 6) is -0.500. The van der Waals surface area contributed by atoms with Crippen molar-refractivity contribution < 1.29 is 14.7 Å². The van der Waals surface area contributed by atoms with E-state index in [2.05, 4.69) is 6.92 Å². The van der Waals surface area contributed by atoms with Crippen LogP contribution in [0.1, 0.15) is 33.1 Å². The molecule has 0 saturated carbocycles. The molecule has 0 bridgehead atoms. The highest BCUT2D eigenvalue weighted by atomic mass is 16.4. The summed E-state index contributed by atoms with van der Waals surface area (Å²) in [5.41, 5.74) is 0. The molecule has 2 aliphatic heterocycles. The molecule has 5 nitrogen and oxygen atoms in total. The average Bonchev–Trinajstić information content (AvgIpc) is 2.71. The van der Waals surface area contributed by atoms with E-state index in [-0.39, 0.29) is 12.1 Å². The Morgan fingerprint density at radius 3 is 2.17 bits per heavy atom. The minimum absolute atomic E-state index is 0.0261. The van der Waals surface area contributed by atoms with E-state index in [1.807, 2.05) is 11.8 Å². The van der Waals surface area contributed by atoms with E-state index in [9.17, 15) is 9.59 Å². The van der Waals surface area contributed by atoms with Crippen LogP contribution in [0.15, 0.2) is 0 Å². The predicted molar refractivity (Wildman–Crippen MR) is 67.3 cm³/mol. The van der Waals surface area contributed by atoms with E-state index in [1.54, 1.807) is 4.90 Å². The van der Waals surface area contributed by atoms with E-state index in [0.29, 0.717) is 18.9 Å². The summed E-state index contributed by atoms with van der Waals surface area (Å²) >= 11 is 0. The minimum atomic E-state index is -0.787. The lowest BCUT2D eigenvalue weighted by Crippen LogP contribution is -2.48. The van der Waals surface area contributed by atoms with E-state index < -0.39 is 11.9 Å². The summed E-state index contributed by atoms with van der Waals surface area (Å²) in [5, 5.41) is 9.08. The Bertz CT molecular complexity index is 337. The molecule has 1 N–H and O–H groups in total. The van der Waals surface area contributed by atoms with Gasteiger partial charge in [-0.1, -0.05) is 6.92 Å². The summed E-state index contributed by atoms with van der Waals surface area (Å²) < 4.78 is 0. The first-order chi connectivity index (χ1) is 8.50. The summed E-state index contributed by atoms with van der Waals surface area (Å²) in [7, 11) is 0. The van der Waals surface area contributed by atoms with Crippen molar-refractivity contribution in [3.05, 3.63) is 0 Å². The van der Waals surface area contributed by atoms with Crippen molar-refractivity contribution in [2.75, 3.05) is 19.6 Å². The first-order valence-corrected chi connectivity index (χ1v) is 6.79. The highest BCUT2D eigenvalue weighted by Gasteiger charge is 2.39. The van der Waals surface area contributed by atoms with Crippen LogP contribution in [0.4, 0.5) is 4.79 Å². The molecule has 2 amide bonds. The van der Waals surface area contributed by atoms with Gasteiger partial charge >= 0.3 is 12.0 Å². The molecular formula is C13H22N2O3. The van der Waals surface area contributed by atoms with Crippen molar-refractivity contribution in [2.45, 2.75) is 39.2 Å². The van der Waals surface area contributed by atoms with Gasteiger partial charge < -0.3 is 14.9 Å². The predicted octanol–water partition coefficient (Wildman–Crippen LogP) is 1.63. The van der Waals surface area contributed by atoms with Crippen LogP contribution in [0.25, 0.3) is 0 Å². The molecule has 18 heavy (non-hydrogen) atoms. The largest absolute Gasteiger partial charge is 0.481 e. The Labute approximate surface area is 108 Å². The maximum atomic E-state index is 12.3. The standard InChI is InChI=1S/C13H22N2O3/c1-9-3-6-14(7-4-9)13(18)15-8-5-11(10(15)2)12(16)17/h9-11H,3-8H2,1-2H3,(H,16,17). The number of amides is 2. The highest BCUT2D eigenvalue weighted by molar-refractivity contribution is 5.78. The number of aliphatic carboxylic acids is 1. The molecule has 0 aromatic heterocycles. The summed E-state index contributed by atoms with van der Waals surface area (Å²) in [4.78, 5) is 27.0. The molecule has 0 aliphatic carbocycles. The third-order valence-electron chi connectivity index (χ3n) is 4.37. The summed E-state index contributed by atoms with van der Waals surface area (Å²) in [6.45, 7) is 6.24. The topological polar surface area (TPSA) is 60.9 Å². The molecule has 2 saturated heterocycles. The van der Waals surface area contributed by atoms with Crippen molar-refractivity contribution in [1.29, 1.82) is 0 Å². The molecule has 2 unspecified atom stereocenters. The number of piperidine rings is 1. The second-order valence-corrected chi connectivity index (χ2v) is 5.62. The van der Waals surface area contributed by atoms with Gasteiger partial charge in [-0.05, 0) is 32.1 Å². The van der Waals surface area contributed by atoms with Gasteiger partial charge in [-0.15, -0.1) is 0 Å². The van der Waals surface area contributed by atoms with Crippen molar-refractivity contribution >= 4 is 12.0 Å². The first kappa shape index (κ1) is 13.2. The lowest BCUT2D eigenvalue weighted by Gasteiger charge is -2.35. The zero-order chi connectivity index (χ0) is 13.3. The number of hydrogen-bond acceptors (Lipinski definition) is 2. The van der Waals surface area contributed by atoms with Gasteiger partial charge in [-0.2, -0.15) is 0 Å². The fourth-order valence-corrected chi connectivity index (χ4v) is 2.92. The van der Waals surface area contributed by atoms with Crippen molar-refractivity contribution in [3.8, 4) is 0 Å². The van der Waals surface area contributed by atoms with E-state index in [0.717, 1.165) is 25.9 Å². The number of carbonyl (C=O) groups is 2. The second kappa shape index (κ2) is 5.16. The van der Waals surface area contributed by atoms with Gasteiger partial charge in [0, 0.05) is 25.7 Å². The molecule has 5 heteroatoms. The first-order valence-electron chi connectivity index (χ1n) is 6.79. The van der Waals surface area contributed by atoms with Crippen LogP contribution in [0.3, 0.4) is 0 Å². The van der Waals surface area contributed by atoms with Gasteiger partial charge in [0.15, 0.2) is 0 Å². The zero-order valence-corrected chi connectivity index (χ0v) is 11.1. The fourth-order valence-electron chi connectivity index (χ4n) is 2.92. The van der Waals surface area contributed by atoms with Crippen molar-refractivity contribution in [2.24, 2.45) is 11.8 Å². The van der Waals surface area contributed by atoms with E-state index in [4.69, 9.17) is 5.11 Å². The molecule has 0 aromatic carbocycles. The van der Waals surface area contributed by atoms with Gasteiger partial charge in [-0.25, -0.2) is 4.79 Å². The van der Waals surface area contributed by atoms with Gasteiger partial charge in [0.2, 0.25) is 0 Å². The molecule has 0 radical (unpaired) electrons. The molecule has 2 rings (SSSR count). The lowest BCUT2D eigenvalue weighted by molar-refractivity contribution is -0.142. The SMILES string of the molecule is CC1CCN(C(=O)N2CCC(C(=O)O)C2C)CC1. The number of nitrogens with zero attached hydrogens (tertiary/aromatic N) is 2. The van der Waals surface area contributed by atoms with Gasteiger partial charge in [0.05, 0.1) is 5.92 Å². The van der Waals surface area contributed by atoms with E-state index in [1.165, 1.54) is 0 Å². The molecule has 2 heterocycles. The number of hydrogen-bond donors (Lipinski definition) is 1. The number of carboxylic acid groups (broad SMARTS) is 1. The Balaban J connectivity index is 1.96. The molecular weight excluding hydrogens is 232 g/mol. The highest BCUT2D eigenvalue weighted by Crippen LogP contribution is 2.27. The monoisotopic (exact) mass is 254 g/mol. The van der Waals surface area contributed by atoms with Crippen molar-refractivity contribution in [1.82, 2.24) is 9.80 Å². The Hall–Kier alpha value is -1.26. The normalized spacial score (nSPS) is 29.7. The number of carboxylic acids is 1. The Morgan fingerprint density at radius 1 is 1.06 bits per heavy atom. The number of carbonyl (C=O) groups excluding carboxylic acids is 1. The fraction of sp³-hybridized carbons (Fsp3) is 0.846. The maximum Gasteiger partial charge on any atom is 0.320 e. The lowest BCUT2D eigenvalue weighted by atomic mass is 9.99. The Kier molecular flexibility index (Phi) is 3.78. The van der Waals surface area contributed by atoms with Crippen LogP contribution >= 0.6 is 0 Å². The Morgan fingerprint density at radius 2 is 1.67 bits per heavy atom. The van der Waals surface area contributed by atoms with Crippen LogP contribution in [-0.2, 0) is 4.79 Å². The van der Waals surface area contributed by atoms with Crippen LogP contribution in [0, 0.1) is 11.8 Å². The van der Waals surface area contributed by atoms with E-state index >= 15 is 0 Å². The third kappa shape index (κ3) is 2.44. The molecule has 0 aromatic rings. The number of urea groups is 1. The van der Waals surface area contributed by atoms with Crippen LogP contribution < -0.4 is 0 Å². The molecule has 0 spiro atoms. The maximum absolute atomic E-state index is 12.3. The van der Waals surface area contributed by atoms with Gasteiger partial charge in [-0.3, -0.25) is 4.79 Å². The zero-order valence-electron chi connectivity index (χ0n) is 11.1. The molecule has 2 atom stereocenters. The van der Waals surface area contributed by atoms with Crippen LogP contribution in [-0.4, -0.2) is 52.6 Å². The molecule has 2 fully saturated rings. The quantitative estimate of drug-likeness (QED) is 0.773. The second-order valence-electron chi connectivity index (χ2n) is 5.62. The molecule has 102 valence electrons. The van der Waals surface area contributed by atoms with Crippen LogP contribution in [0.2, 0.25) is 0 Å². The smallest absolute Gasteiger partial charge is 0.320 e. The minimum Gasteiger partial charge on any atom is -0.481 e. The third-order valence-corrected chi connectivity index (χ3v) is 4.37. The average molecular weight is 254 g/mol. The summed E-state index contributed by atoms with van der Waals surface area (Å²) in [6.07, 6.45) is 2.68. The number of rotatable bonds is 1. The molecule has 2 aliphatic rings. The van der Waals surface area contributed by atoms with Crippen molar-refractivity contribution in [3.63, 3.8) is 0 Å². The van der Waals surface area contributed by atoms with Gasteiger partial charge in [0.25, 0.3) is 0 Å². The van der Waals surface area contributed by atoms with Gasteiger partial charge in [0.1, 0.15) is 0 Å². The number of likely N-dealkylation sites (tertiary alicyclic amines) is 2. The summed E-state index contributed by atoms with van der Waals surface area (Å²) in [6, 6.07) is -0.160.